The van der Waals surface area contributed by atoms with Gasteiger partial charge in [0.05, 0.1) is 0 Å². The van der Waals surface area contributed by atoms with Crippen LogP contribution >= 0.6 is 11.6 Å². The molecular weight excluding hydrogens is 222 g/mol. The number of hydrogen-bond donors (Lipinski definition) is 0. The van der Waals surface area contributed by atoms with Crippen LogP contribution in [0.15, 0.2) is 11.4 Å². The van der Waals surface area contributed by atoms with Gasteiger partial charge < -0.3 is 0 Å². The third-order valence-electron chi connectivity index (χ3n) is 2.18. The lowest BCUT2D eigenvalue weighted by Crippen LogP contribution is -2.47. The molecule has 1 fully saturated rings. The van der Waals surface area contributed by atoms with Crippen LogP contribution in [0.5, 0.6) is 0 Å². The Hall–Kier alpha value is -0.290. The van der Waals surface area contributed by atoms with Gasteiger partial charge in [-0.2, -0.15) is 8.78 Å². The molecule has 6 heteroatoms. The summed E-state index contributed by atoms with van der Waals surface area (Å²) >= 11 is 4.83. The average molecular weight is 232 g/mol. The quantitative estimate of drug-likeness (QED) is 0.533. The fraction of sp³-hybridized carbons (Fsp3) is 0.750. The average Bonchev–Trinajstić information content (AvgIpc) is 2.68. The maximum absolute atomic E-state index is 13.2. The van der Waals surface area contributed by atoms with Crippen LogP contribution in [0.1, 0.15) is 12.8 Å². The molecule has 1 nitrogen and oxygen atoms in total. The number of nitrogens with zero attached hydrogens (tertiary/aromatic N) is 1. The lowest BCUT2D eigenvalue weighted by molar-refractivity contribution is -0.177. The highest BCUT2D eigenvalue weighted by Crippen LogP contribution is 2.34. The van der Waals surface area contributed by atoms with Gasteiger partial charge in [0.15, 0.2) is 5.83 Å². The van der Waals surface area contributed by atoms with E-state index in [9.17, 15) is 17.6 Å². The fourth-order valence-corrected chi connectivity index (χ4v) is 1.51. The molecule has 1 saturated heterocycles. The Morgan fingerprint density at radius 2 is 1.86 bits per heavy atom. The monoisotopic (exact) mass is 231 g/mol. The van der Waals surface area contributed by atoms with Gasteiger partial charge >= 0.3 is 6.05 Å². The summed E-state index contributed by atoms with van der Waals surface area (Å²) in [6.45, 7) is 0.173. The summed E-state index contributed by atoms with van der Waals surface area (Å²) in [5.41, 5.74) is 0.203. The first-order chi connectivity index (χ1) is 6.50. The molecule has 0 saturated carbocycles. The molecule has 0 N–H and O–H groups in total. The molecule has 82 valence electrons. The van der Waals surface area contributed by atoms with Crippen molar-refractivity contribution in [2.24, 2.45) is 0 Å². The lowest BCUT2D eigenvalue weighted by Gasteiger charge is -2.28. The van der Waals surface area contributed by atoms with E-state index in [2.05, 4.69) is 0 Å². The highest BCUT2D eigenvalue weighted by molar-refractivity contribution is 6.25. The largest absolute Gasteiger partial charge is 0.342 e. The standard InChI is InChI=1S/C8H10ClF4N/c9-5-6(10)7(11)8(12,13)14-3-1-2-4-14/h5,7H,1-4H2/b6-5-. The normalized spacial score (nSPS) is 22.8. The molecule has 1 rings (SSSR count). The first-order valence-electron chi connectivity index (χ1n) is 4.23. The second kappa shape index (κ2) is 4.49. The highest BCUT2D eigenvalue weighted by atomic mass is 35.5. The molecule has 1 aliphatic rings. The van der Waals surface area contributed by atoms with Gasteiger partial charge in [0, 0.05) is 18.6 Å². The van der Waals surface area contributed by atoms with E-state index >= 15 is 0 Å². The van der Waals surface area contributed by atoms with Crippen LogP contribution in [0.2, 0.25) is 0 Å². The highest BCUT2D eigenvalue weighted by Gasteiger charge is 2.49. The molecule has 0 spiro atoms. The van der Waals surface area contributed by atoms with Gasteiger partial charge in [0.2, 0.25) is 6.17 Å². The Bertz CT molecular complexity index is 225. The van der Waals surface area contributed by atoms with Crippen molar-refractivity contribution in [3.05, 3.63) is 11.4 Å². The van der Waals surface area contributed by atoms with E-state index < -0.39 is 18.0 Å². The number of alkyl halides is 3. The zero-order valence-corrected chi connectivity index (χ0v) is 8.08. The topological polar surface area (TPSA) is 3.24 Å². The number of likely N-dealkylation sites (tertiary alicyclic amines) is 1. The summed E-state index contributed by atoms with van der Waals surface area (Å²) in [4.78, 5) is 0.637. The first-order valence-corrected chi connectivity index (χ1v) is 4.66. The lowest BCUT2D eigenvalue weighted by atomic mass is 10.3. The molecule has 0 bridgehead atoms. The summed E-state index contributed by atoms with van der Waals surface area (Å²) in [5, 5.41) is 0. The van der Waals surface area contributed by atoms with Gasteiger partial charge in [-0.05, 0) is 12.8 Å². The van der Waals surface area contributed by atoms with Gasteiger partial charge in [-0.25, -0.2) is 13.7 Å². The third-order valence-corrected chi connectivity index (χ3v) is 2.39. The summed E-state index contributed by atoms with van der Waals surface area (Å²) in [6, 6.07) is -3.80. The van der Waals surface area contributed by atoms with E-state index in [1.165, 1.54) is 0 Å². The van der Waals surface area contributed by atoms with Crippen LogP contribution < -0.4 is 0 Å². The molecular formula is C8H10ClF4N. The third kappa shape index (κ3) is 2.20. The maximum atomic E-state index is 13.2. The van der Waals surface area contributed by atoms with Gasteiger partial charge in [0.1, 0.15) is 0 Å². The van der Waals surface area contributed by atoms with Crippen LogP contribution in [-0.2, 0) is 0 Å². The van der Waals surface area contributed by atoms with Crippen molar-refractivity contribution in [2.75, 3.05) is 13.1 Å². The van der Waals surface area contributed by atoms with Gasteiger partial charge in [-0.3, -0.25) is 0 Å². The molecule has 1 unspecified atom stereocenters. The summed E-state index contributed by atoms with van der Waals surface area (Å²) in [7, 11) is 0. The van der Waals surface area contributed by atoms with E-state index in [0.717, 1.165) is 0 Å². The molecule has 0 aromatic carbocycles. The van der Waals surface area contributed by atoms with Gasteiger partial charge in [-0.15, -0.1) is 0 Å². The molecule has 0 radical (unpaired) electrons. The Morgan fingerprint density at radius 3 is 2.29 bits per heavy atom. The SMILES string of the molecule is F/C(=C\Cl)C(F)C(F)(F)N1CCCC1. The van der Waals surface area contributed by atoms with Crippen LogP contribution in [0, 0.1) is 0 Å². The Balaban J connectivity index is 2.72. The minimum atomic E-state index is -3.80. The second-order valence-corrected chi connectivity index (χ2v) is 3.36. The van der Waals surface area contributed by atoms with Crippen molar-refractivity contribution < 1.29 is 17.6 Å². The fourth-order valence-electron chi connectivity index (χ4n) is 1.40. The zero-order chi connectivity index (χ0) is 10.8. The molecule has 0 amide bonds. The van der Waals surface area contributed by atoms with Gasteiger partial charge in [0.25, 0.3) is 0 Å². The van der Waals surface area contributed by atoms with Crippen molar-refractivity contribution in [3.8, 4) is 0 Å². The smallest absolute Gasteiger partial charge is 0.242 e. The number of halogens is 5. The van der Waals surface area contributed by atoms with Crippen molar-refractivity contribution in [3.63, 3.8) is 0 Å². The van der Waals surface area contributed by atoms with Crippen LogP contribution in [0.4, 0.5) is 17.6 Å². The van der Waals surface area contributed by atoms with E-state index in [4.69, 9.17) is 11.6 Å². The Kier molecular flexibility index (Phi) is 3.78. The second-order valence-electron chi connectivity index (χ2n) is 3.14. The first kappa shape index (κ1) is 11.8. The summed E-state index contributed by atoms with van der Waals surface area (Å²) in [5.74, 6) is -1.64. The molecule has 1 heterocycles. The summed E-state index contributed by atoms with van der Waals surface area (Å²) in [6.07, 6.45) is -1.82. The Morgan fingerprint density at radius 1 is 1.36 bits per heavy atom. The minimum absolute atomic E-state index is 0.0863. The van der Waals surface area contributed by atoms with Gasteiger partial charge in [-0.1, -0.05) is 11.6 Å². The minimum Gasteiger partial charge on any atom is -0.242 e. The predicted octanol–water partition coefficient (Wildman–Crippen LogP) is 3.06. The van der Waals surface area contributed by atoms with Crippen molar-refractivity contribution in [2.45, 2.75) is 25.1 Å². The van der Waals surface area contributed by atoms with Crippen LogP contribution in [0.25, 0.3) is 0 Å². The predicted molar refractivity (Wildman–Crippen MR) is 45.7 cm³/mol. The number of hydrogen-bond acceptors (Lipinski definition) is 1. The number of rotatable bonds is 3. The molecule has 0 aromatic heterocycles. The van der Waals surface area contributed by atoms with Crippen LogP contribution in [0.3, 0.4) is 0 Å². The molecule has 14 heavy (non-hydrogen) atoms. The van der Waals surface area contributed by atoms with E-state index in [1.807, 2.05) is 0 Å². The van der Waals surface area contributed by atoms with E-state index in [-0.39, 0.29) is 18.6 Å². The van der Waals surface area contributed by atoms with Crippen molar-refractivity contribution in [1.82, 2.24) is 4.90 Å². The van der Waals surface area contributed by atoms with E-state index in [1.54, 1.807) is 0 Å². The Labute approximate surface area is 84.3 Å². The zero-order valence-electron chi connectivity index (χ0n) is 7.32. The van der Waals surface area contributed by atoms with E-state index in [0.29, 0.717) is 17.7 Å². The molecule has 0 aromatic rings. The summed E-state index contributed by atoms with van der Waals surface area (Å²) < 4.78 is 51.8. The van der Waals surface area contributed by atoms with Crippen molar-refractivity contribution >= 4 is 11.6 Å². The van der Waals surface area contributed by atoms with Crippen LogP contribution in [-0.4, -0.2) is 30.2 Å². The maximum Gasteiger partial charge on any atom is 0.342 e. The molecule has 1 atom stereocenters. The van der Waals surface area contributed by atoms with Crippen molar-refractivity contribution in [1.29, 1.82) is 0 Å². The molecule has 1 aliphatic heterocycles. The molecule has 0 aliphatic carbocycles.